The van der Waals surface area contributed by atoms with Crippen molar-refractivity contribution in [2.75, 3.05) is 7.11 Å². The van der Waals surface area contributed by atoms with E-state index in [2.05, 4.69) is 10.3 Å². The summed E-state index contributed by atoms with van der Waals surface area (Å²) in [7, 11) is 1.61. The Labute approximate surface area is 180 Å². The van der Waals surface area contributed by atoms with E-state index in [-0.39, 0.29) is 17.3 Å². The third-order valence-electron chi connectivity index (χ3n) is 5.71. The molecule has 4 rings (SSSR count). The Morgan fingerprint density at radius 3 is 2.45 bits per heavy atom. The van der Waals surface area contributed by atoms with Gasteiger partial charge in [0.2, 0.25) is 0 Å². The number of hydrogen-bond donors (Lipinski definition) is 2. The molecule has 1 aliphatic carbocycles. The number of aromatic amines is 1. The number of rotatable bonds is 5. The second-order valence-corrected chi connectivity index (χ2v) is 7.87. The number of ether oxygens (including phenoxy) is 1. The van der Waals surface area contributed by atoms with Crippen molar-refractivity contribution in [1.82, 2.24) is 10.3 Å². The van der Waals surface area contributed by atoms with Gasteiger partial charge >= 0.3 is 0 Å². The number of amides is 1. The summed E-state index contributed by atoms with van der Waals surface area (Å²) >= 11 is 0. The van der Waals surface area contributed by atoms with Crippen molar-refractivity contribution in [3.8, 4) is 5.75 Å². The van der Waals surface area contributed by atoms with Crippen LogP contribution in [0.4, 0.5) is 0 Å². The van der Waals surface area contributed by atoms with Gasteiger partial charge < -0.3 is 15.0 Å². The van der Waals surface area contributed by atoms with Crippen LogP contribution >= 0.6 is 0 Å². The minimum absolute atomic E-state index is 0.0252. The smallest absolute Gasteiger partial charge is 0.261 e. The van der Waals surface area contributed by atoms with Crippen LogP contribution in [0.25, 0.3) is 0 Å². The van der Waals surface area contributed by atoms with E-state index in [1.165, 1.54) is 6.07 Å². The number of pyridine rings is 1. The van der Waals surface area contributed by atoms with Gasteiger partial charge in [-0.05, 0) is 48.6 Å². The molecule has 31 heavy (non-hydrogen) atoms. The molecule has 158 valence electrons. The fourth-order valence-electron chi connectivity index (χ4n) is 3.89. The van der Waals surface area contributed by atoms with Crippen LogP contribution in [-0.4, -0.2) is 23.8 Å². The predicted molar refractivity (Wildman–Crippen MR) is 118 cm³/mol. The average molecular weight is 416 g/mol. The molecule has 0 spiro atoms. The maximum Gasteiger partial charge on any atom is 0.261 e. The van der Waals surface area contributed by atoms with E-state index in [0.29, 0.717) is 30.6 Å². The van der Waals surface area contributed by atoms with Gasteiger partial charge in [0.1, 0.15) is 11.3 Å². The molecule has 1 aliphatic rings. The summed E-state index contributed by atoms with van der Waals surface area (Å²) in [6.07, 6.45) is 0.865. The van der Waals surface area contributed by atoms with Gasteiger partial charge in [0.05, 0.1) is 7.11 Å². The standard InChI is InChI=1S/C25H24N2O4/c1-15-3-5-16(6-4-15)14-26-24(29)21-13-20-22(27-25(21)30)11-18(12-23(20)28)17-7-9-19(31-2)10-8-17/h3-10,13,18H,11-12,14H2,1-2H3,(H,26,29)(H,27,30)/t18-/m0/s1. The fourth-order valence-corrected chi connectivity index (χ4v) is 3.89. The number of carbonyl (C=O) groups excluding carboxylic acids is 2. The number of methoxy groups -OCH3 is 1. The molecule has 0 radical (unpaired) electrons. The van der Waals surface area contributed by atoms with Crippen molar-refractivity contribution in [3.05, 3.63) is 98.5 Å². The lowest BCUT2D eigenvalue weighted by molar-refractivity contribution is 0.0949. The molecule has 2 aromatic carbocycles. The van der Waals surface area contributed by atoms with E-state index in [1.807, 2.05) is 55.5 Å². The highest BCUT2D eigenvalue weighted by Crippen LogP contribution is 2.32. The second kappa shape index (κ2) is 8.60. The molecule has 3 aromatic rings. The Hall–Kier alpha value is -3.67. The topological polar surface area (TPSA) is 88.3 Å². The molecule has 0 saturated heterocycles. The van der Waals surface area contributed by atoms with Crippen molar-refractivity contribution in [2.45, 2.75) is 32.2 Å². The number of ketones is 1. The molecule has 6 nitrogen and oxygen atoms in total. The molecule has 1 aromatic heterocycles. The molecule has 0 aliphatic heterocycles. The third-order valence-corrected chi connectivity index (χ3v) is 5.71. The minimum Gasteiger partial charge on any atom is -0.497 e. The van der Waals surface area contributed by atoms with E-state index < -0.39 is 11.5 Å². The van der Waals surface area contributed by atoms with Gasteiger partial charge in [-0.1, -0.05) is 42.0 Å². The van der Waals surface area contributed by atoms with Gasteiger partial charge in [-0.15, -0.1) is 0 Å². The van der Waals surface area contributed by atoms with Crippen molar-refractivity contribution < 1.29 is 14.3 Å². The summed E-state index contributed by atoms with van der Waals surface area (Å²) in [6.45, 7) is 2.30. The Bertz CT molecular complexity index is 1180. The van der Waals surface area contributed by atoms with Gasteiger partial charge in [0.25, 0.3) is 11.5 Å². The zero-order chi connectivity index (χ0) is 22.0. The van der Waals surface area contributed by atoms with Crippen molar-refractivity contribution >= 4 is 11.7 Å². The van der Waals surface area contributed by atoms with Crippen LogP contribution < -0.4 is 15.6 Å². The maximum atomic E-state index is 12.8. The molecule has 0 saturated carbocycles. The highest BCUT2D eigenvalue weighted by molar-refractivity contribution is 6.02. The fraction of sp³-hybridized carbons (Fsp3) is 0.240. The Morgan fingerprint density at radius 1 is 1.06 bits per heavy atom. The Kier molecular flexibility index (Phi) is 5.71. The molecular weight excluding hydrogens is 392 g/mol. The lowest BCUT2D eigenvalue weighted by Crippen LogP contribution is -2.32. The number of aryl methyl sites for hydroxylation is 1. The number of Topliss-reactive ketones (excluding diaryl/α,β-unsaturated/α-hetero) is 1. The maximum absolute atomic E-state index is 12.8. The van der Waals surface area contributed by atoms with E-state index in [0.717, 1.165) is 22.4 Å². The van der Waals surface area contributed by atoms with Crippen LogP contribution in [0, 0.1) is 6.92 Å². The predicted octanol–water partition coefficient (Wildman–Crippen LogP) is 3.53. The van der Waals surface area contributed by atoms with E-state index in [9.17, 15) is 14.4 Å². The molecule has 0 bridgehead atoms. The zero-order valence-electron chi connectivity index (χ0n) is 17.5. The van der Waals surface area contributed by atoms with E-state index >= 15 is 0 Å². The molecule has 0 fully saturated rings. The van der Waals surface area contributed by atoms with Gasteiger partial charge in [-0.3, -0.25) is 14.4 Å². The van der Waals surface area contributed by atoms with E-state index in [1.54, 1.807) is 7.11 Å². The Morgan fingerprint density at radius 2 is 1.77 bits per heavy atom. The van der Waals surface area contributed by atoms with Crippen LogP contribution in [-0.2, 0) is 13.0 Å². The molecule has 1 heterocycles. The molecule has 0 unspecified atom stereocenters. The number of aromatic nitrogens is 1. The summed E-state index contributed by atoms with van der Waals surface area (Å²) < 4.78 is 5.19. The number of hydrogen-bond acceptors (Lipinski definition) is 4. The quantitative estimate of drug-likeness (QED) is 0.666. The number of carbonyl (C=O) groups is 2. The van der Waals surface area contributed by atoms with Crippen LogP contribution in [0.5, 0.6) is 5.75 Å². The first-order chi connectivity index (χ1) is 14.9. The summed E-state index contributed by atoms with van der Waals surface area (Å²) in [5.74, 6) is 0.157. The average Bonchev–Trinajstić information content (AvgIpc) is 2.78. The second-order valence-electron chi connectivity index (χ2n) is 7.87. The molecule has 1 atom stereocenters. The van der Waals surface area contributed by atoms with E-state index in [4.69, 9.17) is 4.74 Å². The first kappa shape index (κ1) is 20.6. The highest BCUT2D eigenvalue weighted by Gasteiger charge is 2.28. The monoisotopic (exact) mass is 416 g/mol. The van der Waals surface area contributed by atoms with Crippen LogP contribution in [0.1, 0.15) is 55.4 Å². The van der Waals surface area contributed by atoms with Gasteiger partial charge in [-0.2, -0.15) is 0 Å². The third kappa shape index (κ3) is 4.43. The lowest BCUT2D eigenvalue weighted by Gasteiger charge is -2.24. The molecular formula is C25H24N2O4. The summed E-state index contributed by atoms with van der Waals surface area (Å²) in [4.78, 5) is 40.8. The number of nitrogens with one attached hydrogen (secondary N) is 2. The molecule has 1 amide bonds. The minimum atomic E-state index is -0.491. The summed E-state index contributed by atoms with van der Waals surface area (Å²) in [5.41, 5.74) is 3.56. The number of benzene rings is 2. The number of fused-ring (bicyclic) bond motifs is 1. The normalized spacial score (nSPS) is 15.3. The Balaban J connectivity index is 1.52. The van der Waals surface area contributed by atoms with Gasteiger partial charge in [0.15, 0.2) is 5.78 Å². The summed E-state index contributed by atoms with van der Waals surface area (Å²) in [6, 6.07) is 16.8. The van der Waals surface area contributed by atoms with Gasteiger partial charge in [0, 0.05) is 24.2 Å². The molecule has 2 N–H and O–H groups in total. The van der Waals surface area contributed by atoms with Gasteiger partial charge in [-0.25, -0.2) is 0 Å². The first-order valence-electron chi connectivity index (χ1n) is 10.2. The van der Waals surface area contributed by atoms with Crippen LogP contribution in [0.2, 0.25) is 0 Å². The number of H-pyrrole nitrogens is 1. The zero-order valence-corrected chi connectivity index (χ0v) is 17.5. The van der Waals surface area contributed by atoms with Crippen molar-refractivity contribution in [2.24, 2.45) is 0 Å². The van der Waals surface area contributed by atoms with Crippen LogP contribution in [0.15, 0.2) is 59.4 Å². The molecule has 6 heteroatoms. The SMILES string of the molecule is COc1ccc([C@@H]2CC(=O)c3cc(C(=O)NCc4ccc(C)cc4)c(=O)[nH]c3C2)cc1. The van der Waals surface area contributed by atoms with Crippen molar-refractivity contribution in [1.29, 1.82) is 0 Å². The first-order valence-corrected chi connectivity index (χ1v) is 10.2. The highest BCUT2D eigenvalue weighted by atomic mass is 16.5. The van der Waals surface area contributed by atoms with Crippen LogP contribution in [0.3, 0.4) is 0 Å². The largest absolute Gasteiger partial charge is 0.497 e. The summed E-state index contributed by atoms with van der Waals surface area (Å²) in [5, 5.41) is 2.76. The lowest BCUT2D eigenvalue weighted by atomic mass is 9.81. The van der Waals surface area contributed by atoms with Crippen molar-refractivity contribution in [3.63, 3.8) is 0 Å².